The third kappa shape index (κ3) is 8.62. The summed E-state index contributed by atoms with van der Waals surface area (Å²) in [5.41, 5.74) is -0.763. The number of aliphatic imine (C=N–C) groups is 1. The first kappa shape index (κ1) is 41.1. The SMILES string of the molecule is CC=Nc1c([N+](=O)[O-])ccc(NC(=O)O[C@H]2CC(=O)N(C)c3cc(cc(OC)c3Cl)C/C(C)=C/C=C/[C@@H](OC)[C@@]3(O)C[C@H](OC(=O)N3)[C@@H](C)[C@@H]3O[C@@]23C)c1C. The Bertz CT molecular complexity index is 1950. The highest BCUT2D eigenvalue weighted by atomic mass is 35.5. The summed E-state index contributed by atoms with van der Waals surface area (Å²) in [6.07, 6.45) is 0.976. The van der Waals surface area contributed by atoms with Crippen molar-refractivity contribution >= 4 is 58.7 Å². The average molecular weight is 784 g/mol. The van der Waals surface area contributed by atoms with Gasteiger partial charge in [0.05, 0.1) is 30.2 Å². The van der Waals surface area contributed by atoms with Crippen molar-refractivity contribution in [2.45, 2.75) is 89.6 Å². The van der Waals surface area contributed by atoms with Crippen LogP contribution in [0.2, 0.25) is 5.02 Å². The third-order valence-electron chi connectivity index (χ3n) is 10.3. The van der Waals surface area contributed by atoms with Gasteiger partial charge in [-0.3, -0.25) is 30.5 Å². The molecule has 2 aromatic carbocycles. The van der Waals surface area contributed by atoms with Crippen molar-refractivity contribution in [2.75, 3.05) is 31.5 Å². The lowest BCUT2D eigenvalue weighted by atomic mass is 9.83. The topological polar surface area (TPSA) is 204 Å². The minimum Gasteiger partial charge on any atom is -0.495 e. The summed E-state index contributed by atoms with van der Waals surface area (Å²) < 4.78 is 29.0. The summed E-state index contributed by atoms with van der Waals surface area (Å²) in [7, 11) is 4.43. The number of amides is 3. The van der Waals surface area contributed by atoms with Gasteiger partial charge in [-0.1, -0.05) is 42.3 Å². The van der Waals surface area contributed by atoms with E-state index in [-0.39, 0.29) is 34.9 Å². The standard InChI is InChI=1S/C38H46ClN5O11/c1-9-40-33-21(3)24(13-14-25(33)44(49)50)41-35(46)54-30-18-31(45)43(6)26-16-23(17-27(51-7)32(26)39)15-20(2)11-10-12-29(52-8)38(48)19-28(53-36(47)42-38)22(4)34-37(30,5)55-34/h9-14,16-17,22,28-30,34,48H,15,18-19H2,1-8H3,(H,41,46)(H,42,47)/b12-10+,20-11+,40-9?/t22-,28+,29-,30+,34+,37+,38+/m1/s1. The molecule has 2 aromatic rings. The number of allylic oxidation sites excluding steroid dienone is 3. The number of carbonyl (C=O) groups excluding carboxylic acids is 3. The summed E-state index contributed by atoms with van der Waals surface area (Å²) in [5.74, 6) is -0.708. The summed E-state index contributed by atoms with van der Waals surface area (Å²) in [6, 6.07) is 6.12. The number of halogens is 1. The Morgan fingerprint density at radius 3 is 2.64 bits per heavy atom. The van der Waals surface area contributed by atoms with E-state index in [0.717, 1.165) is 11.1 Å². The van der Waals surface area contributed by atoms with Crippen LogP contribution in [0, 0.1) is 23.0 Å². The van der Waals surface area contributed by atoms with Crippen molar-refractivity contribution in [1.82, 2.24) is 5.32 Å². The molecule has 3 aliphatic heterocycles. The molecule has 2 saturated heterocycles. The second-order valence-corrected chi connectivity index (χ2v) is 14.4. The molecule has 3 amide bonds. The maximum absolute atomic E-state index is 14.1. The predicted octanol–water partition coefficient (Wildman–Crippen LogP) is 6.31. The molecule has 55 heavy (non-hydrogen) atoms. The highest BCUT2D eigenvalue weighted by molar-refractivity contribution is 6.35. The Labute approximate surface area is 323 Å². The number of epoxide rings is 1. The minimum atomic E-state index is -1.86. The molecule has 2 fully saturated rings. The largest absolute Gasteiger partial charge is 0.495 e. The highest BCUT2D eigenvalue weighted by Gasteiger charge is 2.64. The number of rotatable bonds is 6. The van der Waals surface area contributed by atoms with Crippen molar-refractivity contribution in [2.24, 2.45) is 10.9 Å². The van der Waals surface area contributed by atoms with E-state index in [1.54, 1.807) is 59.0 Å². The number of carbonyl (C=O) groups is 3. The number of benzene rings is 2. The van der Waals surface area contributed by atoms with E-state index in [1.165, 1.54) is 37.5 Å². The second-order valence-electron chi connectivity index (χ2n) is 14.1. The number of nitrogens with zero attached hydrogens (tertiary/aromatic N) is 3. The Morgan fingerprint density at radius 2 is 1.98 bits per heavy atom. The highest BCUT2D eigenvalue weighted by Crippen LogP contribution is 2.49. The average Bonchev–Trinajstić information content (AvgIpc) is 3.82. The predicted molar refractivity (Wildman–Crippen MR) is 204 cm³/mol. The summed E-state index contributed by atoms with van der Waals surface area (Å²) >= 11 is 6.75. The van der Waals surface area contributed by atoms with Crippen LogP contribution in [-0.4, -0.2) is 91.3 Å². The van der Waals surface area contributed by atoms with Gasteiger partial charge in [0.2, 0.25) is 5.91 Å². The van der Waals surface area contributed by atoms with E-state index in [2.05, 4.69) is 15.6 Å². The zero-order chi connectivity index (χ0) is 40.4. The van der Waals surface area contributed by atoms with Gasteiger partial charge in [0.25, 0.3) is 5.69 Å². The second kappa shape index (κ2) is 16.4. The number of anilines is 2. The van der Waals surface area contributed by atoms with Crippen LogP contribution < -0.4 is 20.3 Å². The van der Waals surface area contributed by atoms with Crippen molar-refractivity contribution < 1.29 is 48.1 Å². The summed E-state index contributed by atoms with van der Waals surface area (Å²) in [6.45, 7) is 8.53. The maximum Gasteiger partial charge on any atom is 0.412 e. The lowest BCUT2D eigenvalue weighted by Crippen LogP contribution is -2.63. The molecule has 3 N–H and O–H groups in total. The Hall–Kier alpha value is -5.03. The first-order chi connectivity index (χ1) is 26.0. The number of ether oxygens (including phenoxy) is 5. The van der Waals surface area contributed by atoms with Gasteiger partial charge in [-0.15, -0.1) is 0 Å². The lowest BCUT2D eigenvalue weighted by molar-refractivity contribution is -0.384. The number of nitrogens with one attached hydrogen (secondary N) is 2. The number of nitro benzene ring substituents is 1. The number of hydrogen-bond donors (Lipinski definition) is 3. The molecule has 0 unspecified atom stereocenters. The third-order valence-corrected chi connectivity index (χ3v) is 10.7. The van der Waals surface area contributed by atoms with Crippen LogP contribution in [-0.2, 0) is 30.2 Å². The number of methoxy groups -OCH3 is 2. The monoisotopic (exact) mass is 783 g/mol. The fourth-order valence-corrected chi connectivity index (χ4v) is 7.45. The molecule has 17 heteroatoms. The summed E-state index contributed by atoms with van der Waals surface area (Å²) in [5, 5.41) is 28.7. The first-order valence-electron chi connectivity index (χ1n) is 17.6. The Balaban J connectivity index is 1.55. The molecule has 4 bridgehead atoms. The normalized spacial score (nSPS) is 30.0. The van der Waals surface area contributed by atoms with Gasteiger partial charge in [0.1, 0.15) is 40.4 Å². The van der Waals surface area contributed by atoms with E-state index < -0.39 is 64.7 Å². The van der Waals surface area contributed by atoms with Gasteiger partial charge in [-0.25, -0.2) is 9.59 Å². The first-order valence-corrected chi connectivity index (χ1v) is 18.0. The van der Waals surface area contributed by atoms with Crippen LogP contribution in [0.25, 0.3) is 0 Å². The molecule has 0 spiro atoms. The Kier molecular flexibility index (Phi) is 12.2. The van der Waals surface area contributed by atoms with Crippen molar-refractivity contribution in [3.8, 4) is 5.75 Å². The molecule has 5 rings (SSSR count). The Morgan fingerprint density at radius 1 is 1.25 bits per heavy atom. The fourth-order valence-electron chi connectivity index (χ4n) is 7.13. The number of hydrogen-bond acceptors (Lipinski definition) is 12. The van der Waals surface area contributed by atoms with Gasteiger partial charge < -0.3 is 33.7 Å². The van der Waals surface area contributed by atoms with Crippen LogP contribution in [0.5, 0.6) is 5.75 Å². The molecule has 0 radical (unpaired) electrons. The zero-order valence-corrected chi connectivity index (χ0v) is 32.6. The molecular weight excluding hydrogens is 738 g/mol. The van der Waals surface area contributed by atoms with E-state index in [1.807, 2.05) is 13.0 Å². The van der Waals surface area contributed by atoms with E-state index in [4.69, 9.17) is 35.3 Å². The molecular formula is C38H46ClN5O11. The molecule has 7 atom stereocenters. The molecule has 296 valence electrons. The zero-order valence-electron chi connectivity index (χ0n) is 31.9. The molecule has 3 heterocycles. The smallest absolute Gasteiger partial charge is 0.412 e. The van der Waals surface area contributed by atoms with Crippen molar-refractivity contribution in [1.29, 1.82) is 0 Å². The molecule has 0 aliphatic carbocycles. The van der Waals surface area contributed by atoms with Gasteiger partial charge >= 0.3 is 12.2 Å². The van der Waals surface area contributed by atoms with Crippen LogP contribution in [0.3, 0.4) is 0 Å². The number of aliphatic hydroxyl groups is 1. The fraction of sp³-hybridized carbons (Fsp3) is 0.474. The van der Waals surface area contributed by atoms with E-state index >= 15 is 0 Å². The van der Waals surface area contributed by atoms with E-state index in [9.17, 15) is 29.6 Å². The van der Waals surface area contributed by atoms with Gasteiger partial charge in [0, 0.05) is 50.0 Å². The minimum absolute atomic E-state index is 0.0586. The van der Waals surface area contributed by atoms with Crippen LogP contribution in [0.15, 0.2) is 53.1 Å². The van der Waals surface area contributed by atoms with Crippen LogP contribution in [0.4, 0.5) is 32.3 Å². The van der Waals surface area contributed by atoms with Gasteiger partial charge in [0.15, 0.2) is 5.72 Å². The van der Waals surface area contributed by atoms with Gasteiger partial charge in [-0.2, -0.15) is 0 Å². The quantitative estimate of drug-likeness (QED) is 0.128. The van der Waals surface area contributed by atoms with Crippen molar-refractivity contribution in [3.05, 3.63) is 74.3 Å². The summed E-state index contributed by atoms with van der Waals surface area (Å²) in [4.78, 5) is 57.2. The molecule has 3 aliphatic rings. The molecule has 0 aromatic heterocycles. The van der Waals surface area contributed by atoms with Gasteiger partial charge in [-0.05, 0) is 57.9 Å². The van der Waals surface area contributed by atoms with Crippen LogP contribution >= 0.6 is 11.6 Å². The van der Waals surface area contributed by atoms with Crippen molar-refractivity contribution in [3.63, 3.8) is 0 Å². The molecule has 16 nitrogen and oxygen atoms in total. The lowest BCUT2D eigenvalue weighted by Gasteiger charge is -2.42. The molecule has 0 saturated carbocycles. The number of nitro groups is 1. The van der Waals surface area contributed by atoms with E-state index in [0.29, 0.717) is 23.4 Å². The number of alkyl carbamates (subject to hydrolysis) is 1. The van der Waals surface area contributed by atoms with Crippen LogP contribution in [0.1, 0.15) is 51.7 Å². The maximum atomic E-state index is 14.1. The number of fused-ring (bicyclic) bond motifs is 5.